The summed E-state index contributed by atoms with van der Waals surface area (Å²) < 4.78 is 5.89. The van der Waals surface area contributed by atoms with Crippen LogP contribution in [0.3, 0.4) is 0 Å². The van der Waals surface area contributed by atoms with E-state index in [1.807, 2.05) is 12.1 Å². The molecule has 16 heavy (non-hydrogen) atoms. The highest BCUT2D eigenvalue weighted by Crippen LogP contribution is 2.25. The third-order valence-electron chi connectivity index (χ3n) is 2.33. The maximum atomic E-state index is 11.5. The molecule has 3 nitrogen and oxygen atoms in total. The first-order valence-corrected chi connectivity index (χ1v) is 5.56. The first-order chi connectivity index (χ1) is 7.61. The fraction of sp³-hybridized carbons (Fsp3) is 0.167. The zero-order chi connectivity index (χ0) is 11.7. The van der Waals surface area contributed by atoms with Crippen LogP contribution < -0.4 is 4.74 Å². The van der Waals surface area contributed by atoms with E-state index in [1.165, 1.54) is 0 Å². The molecule has 0 aliphatic carbocycles. The van der Waals surface area contributed by atoms with E-state index in [0.717, 1.165) is 15.4 Å². The summed E-state index contributed by atoms with van der Waals surface area (Å²) in [5.74, 6) is 0.568. The Hall–Kier alpha value is -1.42. The number of ether oxygens (including phenoxy) is 1. The molecular weight excluding hydrogens is 270 g/mol. The number of Topliss-reactive ketones (excluding diaryl/α,β-unsaturated/α-hetero) is 1. The van der Waals surface area contributed by atoms with E-state index in [-0.39, 0.29) is 5.78 Å². The maximum Gasteiger partial charge on any atom is 0.213 e. The lowest BCUT2D eigenvalue weighted by atomic mass is 10.1. The Morgan fingerprint density at radius 1 is 1.38 bits per heavy atom. The predicted molar refractivity (Wildman–Crippen MR) is 66.0 cm³/mol. The van der Waals surface area contributed by atoms with Gasteiger partial charge in [-0.2, -0.15) is 0 Å². The van der Waals surface area contributed by atoms with Gasteiger partial charge in [-0.3, -0.25) is 4.79 Å². The van der Waals surface area contributed by atoms with Crippen molar-refractivity contribution in [3.8, 4) is 5.88 Å². The standard InChI is InChI=1S/C12H10BrNO2/c1-7(15)10-5-8(13)6-11-9(10)3-4-12(14-11)16-2/h3-6H,1-2H3. The van der Waals surface area contributed by atoms with Gasteiger partial charge in [-0.15, -0.1) is 0 Å². The monoisotopic (exact) mass is 279 g/mol. The molecular formula is C12H10BrNO2. The number of hydrogen-bond donors (Lipinski definition) is 0. The minimum Gasteiger partial charge on any atom is -0.481 e. The molecule has 0 amide bonds. The fourth-order valence-corrected chi connectivity index (χ4v) is 2.03. The van der Waals surface area contributed by atoms with Crippen LogP contribution in [0.15, 0.2) is 28.7 Å². The lowest BCUT2D eigenvalue weighted by Crippen LogP contribution is -1.96. The van der Waals surface area contributed by atoms with Gasteiger partial charge < -0.3 is 4.74 Å². The molecule has 2 aromatic rings. The second-order valence-electron chi connectivity index (χ2n) is 3.43. The second kappa shape index (κ2) is 4.22. The molecule has 0 aliphatic rings. The summed E-state index contributed by atoms with van der Waals surface area (Å²) in [7, 11) is 1.57. The van der Waals surface area contributed by atoms with Gasteiger partial charge in [0.05, 0.1) is 12.6 Å². The molecule has 1 aromatic heterocycles. The maximum absolute atomic E-state index is 11.5. The predicted octanol–water partition coefficient (Wildman–Crippen LogP) is 3.21. The Bertz CT molecular complexity index is 566. The van der Waals surface area contributed by atoms with Crippen molar-refractivity contribution < 1.29 is 9.53 Å². The van der Waals surface area contributed by atoms with Crippen molar-refractivity contribution in [2.75, 3.05) is 7.11 Å². The minimum absolute atomic E-state index is 0.0262. The average molecular weight is 280 g/mol. The van der Waals surface area contributed by atoms with Gasteiger partial charge in [0.15, 0.2) is 5.78 Å². The van der Waals surface area contributed by atoms with Crippen LogP contribution in [-0.4, -0.2) is 17.9 Å². The highest BCUT2D eigenvalue weighted by Gasteiger charge is 2.09. The topological polar surface area (TPSA) is 39.2 Å². The summed E-state index contributed by atoms with van der Waals surface area (Å²) in [6.07, 6.45) is 0. The first kappa shape index (κ1) is 11.1. The van der Waals surface area contributed by atoms with E-state index < -0.39 is 0 Å². The molecule has 2 rings (SSSR count). The number of halogens is 1. The highest BCUT2D eigenvalue weighted by atomic mass is 79.9. The molecule has 0 fully saturated rings. The van der Waals surface area contributed by atoms with Crippen LogP contribution in [0.2, 0.25) is 0 Å². The summed E-state index contributed by atoms with van der Waals surface area (Å²) in [4.78, 5) is 15.8. The van der Waals surface area contributed by atoms with Gasteiger partial charge in [-0.05, 0) is 25.1 Å². The van der Waals surface area contributed by atoms with Crippen molar-refractivity contribution in [1.29, 1.82) is 0 Å². The first-order valence-electron chi connectivity index (χ1n) is 4.77. The Morgan fingerprint density at radius 3 is 2.75 bits per heavy atom. The van der Waals surface area contributed by atoms with Crippen LogP contribution in [0.1, 0.15) is 17.3 Å². The second-order valence-corrected chi connectivity index (χ2v) is 4.35. The van der Waals surface area contributed by atoms with Gasteiger partial charge in [0, 0.05) is 21.5 Å². The largest absolute Gasteiger partial charge is 0.481 e. The van der Waals surface area contributed by atoms with E-state index in [0.29, 0.717) is 11.4 Å². The van der Waals surface area contributed by atoms with Gasteiger partial charge in [0.25, 0.3) is 0 Å². The van der Waals surface area contributed by atoms with Crippen molar-refractivity contribution in [3.05, 3.63) is 34.3 Å². The molecule has 0 unspecified atom stereocenters. The van der Waals surface area contributed by atoms with Gasteiger partial charge in [-0.1, -0.05) is 15.9 Å². The third-order valence-corrected chi connectivity index (χ3v) is 2.79. The van der Waals surface area contributed by atoms with Crippen molar-refractivity contribution in [3.63, 3.8) is 0 Å². The third kappa shape index (κ3) is 1.93. The molecule has 0 bridgehead atoms. The summed E-state index contributed by atoms with van der Waals surface area (Å²) in [6, 6.07) is 7.27. The zero-order valence-corrected chi connectivity index (χ0v) is 10.5. The lowest BCUT2D eigenvalue weighted by Gasteiger charge is -2.06. The van der Waals surface area contributed by atoms with E-state index >= 15 is 0 Å². The number of aromatic nitrogens is 1. The molecule has 0 N–H and O–H groups in total. The Labute approximate surface area is 102 Å². The summed E-state index contributed by atoms with van der Waals surface area (Å²) in [5, 5.41) is 0.844. The van der Waals surface area contributed by atoms with Gasteiger partial charge in [0.2, 0.25) is 5.88 Å². The van der Waals surface area contributed by atoms with Gasteiger partial charge in [0.1, 0.15) is 0 Å². The molecule has 0 radical (unpaired) electrons. The zero-order valence-electron chi connectivity index (χ0n) is 8.95. The number of pyridine rings is 1. The van der Waals surface area contributed by atoms with Crippen LogP contribution in [0.5, 0.6) is 5.88 Å². The Kier molecular flexibility index (Phi) is 2.92. The smallest absolute Gasteiger partial charge is 0.213 e. The summed E-state index contributed by atoms with van der Waals surface area (Å²) >= 11 is 3.37. The molecule has 0 atom stereocenters. The summed E-state index contributed by atoms with van der Waals surface area (Å²) in [5.41, 5.74) is 1.42. The normalized spacial score (nSPS) is 10.4. The van der Waals surface area contributed by atoms with Crippen LogP contribution >= 0.6 is 15.9 Å². The lowest BCUT2D eigenvalue weighted by molar-refractivity contribution is 0.101. The number of fused-ring (bicyclic) bond motifs is 1. The average Bonchev–Trinajstić information content (AvgIpc) is 2.26. The summed E-state index contributed by atoms with van der Waals surface area (Å²) in [6.45, 7) is 1.55. The Morgan fingerprint density at radius 2 is 2.12 bits per heavy atom. The van der Waals surface area contributed by atoms with Crippen LogP contribution in [0, 0.1) is 0 Å². The highest BCUT2D eigenvalue weighted by molar-refractivity contribution is 9.10. The van der Waals surface area contributed by atoms with Crippen molar-refractivity contribution in [1.82, 2.24) is 4.98 Å². The number of carbonyl (C=O) groups excluding carboxylic acids is 1. The van der Waals surface area contributed by atoms with Crippen molar-refractivity contribution >= 4 is 32.6 Å². The quantitative estimate of drug-likeness (QED) is 0.793. The molecule has 1 heterocycles. The number of carbonyl (C=O) groups is 1. The number of methoxy groups -OCH3 is 1. The van der Waals surface area contributed by atoms with Crippen LogP contribution in [-0.2, 0) is 0 Å². The molecule has 0 aliphatic heterocycles. The van der Waals surface area contributed by atoms with E-state index in [2.05, 4.69) is 20.9 Å². The number of nitrogens with zero attached hydrogens (tertiary/aromatic N) is 1. The van der Waals surface area contributed by atoms with Gasteiger partial charge >= 0.3 is 0 Å². The number of hydrogen-bond acceptors (Lipinski definition) is 3. The van der Waals surface area contributed by atoms with E-state index in [4.69, 9.17) is 4.74 Å². The molecule has 4 heteroatoms. The molecule has 0 saturated carbocycles. The van der Waals surface area contributed by atoms with Crippen molar-refractivity contribution in [2.45, 2.75) is 6.92 Å². The molecule has 0 saturated heterocycles. The molecule has 82 valence electrons. The number of ketones is 1. The molecule has 0 spiro atoms. The van der Waals surface area contributed by atoms with Crippen LogP contribution in [0.4, 0.5) is 0 Å². The Balaban J connectivity index is 2.78. The van der Waals surface area contributed by atoms with Crippen LogP contribution in [0.25, 0.3) is 10.9 Å². The fourth-order valence-electron chi connectivity index (χ4n) is 1.59. The number of benzene rings is 1. The molecule has 1 aromatic carbocycles. The van der Waals surface area contributed by atoms with E-state index in [9.17, 15) is 4.79 Å². The van der Waals surface area contributed by atoms with E-state index in [1.54, 1.807) is 26.2 Å². The number of rotatable bonds is 2. The minimum atomic E-state index is 0.0262. The van der Waals surface area contributed by atoms with Gasteiger partial charge in [-0.25, -0.2) is 4.98 Å². The SMILES string of the molecule is COc1ccc2c(C(C)=O)cc(Br)cc2n1. The van der Waals surface area contributed by atoms with Crippen molar-refractivity contribution in [2.24, 2.45) is 0 Å².